The van der Waals surface area contributed by atoms with Gasteiger partial charge in [-0.15, -0.1) is 0 Å². The van der Waals surface area contributed by atoms with Crippen LogP contribution in [0.1, 0.15) is 90.9 Å². The Hall–Kier alpha value is -0.570. The maximum absolute atomic E-state index is 11.1. The normalized spacial score (nSPS) is 10.8. The van der Waals surface area contributed by atoms with E-state index in [-0.39, 0.29) is 5.97 Å². The minimum atomic E-state index is -0.0711. The molecular weight excluding hydrogens is 262 g/mol. The van der Waals surface area contributed by atoms with Gasteiger partial charge in [0, 0.05) is 6.42 Å². The molecule has 0 saturated carbocycles. The predicted octanol–water partition coefficient (Wildman–Crippen LogP) is 4.84. The maximum atomic E-state index is 11.1. The van der Waals surface area contributed by atoms with Crippen LogP contribution in [0.2, 0.25) is 0 Å². The molecule has 0 aromatic heterocycles. The molecule has 0 aromatic rings. The van der Waals surface area contributed by atoms with Crippen LogP contribution in [0.4, 0.5) is 0 Å². The SMILES string of the molecule is CCCCCCCCCCCCNCCCC(=O)OCC. The van der Waals surface area contributed by atoms with Gasteiger partial charge in [0.05, 0.1) is 6.61 Å². The molecule has 0 aliphatic heterocycles. The number of carbonyl (C=O) groups is 1. The molecule has 0 radical (unpaired) electrons. The van der Waals surface area contributed by atoms with E-state index in [1.807, 2.05) is 6.92 Å². The Bertz CT molecular complexity index is 219. The molecule has 0 atom stereocenters. The summed E-state index contributed by atoms with van der Waals surface area (Å²) >= 11 is 0. The van der Waals surface area contributed by atoms with E-state index in [1.165, 1.54) is 64.2 Å². The van der Waals surface area contributed by atoms with E-state index in [0.717, 1.165) is 19.5 Å². The van der Waals surface area contributed by atoms with E-state index in [4.69, 9.17) is 4.74 Å². The summed E-state index contributed by atoms with van der Waals surface area (Å²) in [6, 6.07) is 0. The van der Waals surface area contributed by atoms with Gasteiger partial charge in [0.25, 0.3) is 0 Å². The molecule has 0 spiro atoms. The molecule has 0 amide bonds. The van der Waals surface area contributed by atoms with Gasteiger partial charge in [-0.05, 0) is 32.9 Å². The maximum Gasteiger partial charge on any atom is 0.305 e. The van der Waals surface area contributed by atoms with Crippen LogP contribution in [0, 0.1) is 0 Å². The third-order valence-corrected chi connectivity index (χ3v) is 3.75. The topological polar surface area (TPSA) is 38.3 Å². The van der Waals surface area contributed by atoms with E-state index < -0.39 is 0 Å². The smallest absolute Gasteiger partial charge is 0.305 e. The highest BCUT2D eigenvalue weighted by Crippen LogP contribution is 2.10. The molecule has 0 rings (SSSR count). The van der Waals surface area contributed by atoms with Gasteiger partial charge in [0.15, 0.2) is 0 Å². The van der Waals surface area contributed by atoms with E-state index in [9.17, 15) is 4.79 Å². The molecule has 21 heavy (non-hydrogen) atoms. The molecule has 0 aliphatic carbocycles. The number of esters is 1. The molecule has 0 aromatic carbocycles. The highest BCUT2D eigenvalue weighted by atomic mass is 16.5. The molecule has 0 aliphatic rings. The monoisotopic (exact) mass is 299 g/mol. The number of carbonyl (C=O) groups excluding carboxylic acids is 1. The quantitative estimate of drug-likeness (QED) is 0.327. The predicted molar refractivity (Wildman–Crippen MR) is 90.6 cm³/mol. The van der Waals surface area contributed by atoms with E-state index in [0.29, 0.717) is 13.0 Å². The van der Waals surface area contributed by atoms with Crippen LogP contribution in [-0.2, 0) is 9.53 Å². The second-order valence-corrected chi connectivity index (χ2v) is 5.84. The van der Waals surface area contributed by atoms with Crippen molar-refractivity contribution in [1.29, 1.82) is 0 Å². The Kier molecular flexibility index (Phi) is 17.0. The van der Waals surface area contributed by atoms with Crippen molar-refractivity contribution in [3.05, 3.63) is 0 Å². The fraction of sp³-hybridized carbons (Fsp3) is 0.944. The zero-order valence-electron chi connectivity index (χ0n) is 14.4. The Labute approximate surface area is 132 Å². The number of hydrogen-bond acceptors (Lipinski definition) is 3. The van der Waals surface area contributed by atoms with Crippen LogP contribution in [-0.4, -0.2) is 25.7 Å². The summed E-state index contributed by atoms with van der Waals surface area (Å²) in [5.74, 6) is -0.0711. The van der Waals surface area contributed by atoms with Crippen LogP contribution in [0.25, 0.3) is 0 Å². The average Bonchev–Trinajstić information content (AvgIpc) is 2.48. The molecule has 3 nitrogen and oxygen atoms in total. The van der Waals surface area contributed by atoms with Gasteiger partial charge in [-0.3, -0.25) is 4.79 Å². The molecule has 126 valence electrons. The van der Waals surface area contributed by atoms with Crippen LogP contribution >= 0.6 is 0 Å². The third-order valence-electron chi connectivity index (χ3n) is 3.75. The lowest BCUT2D eigenvalue weighted by Gasteiger charge is -2.05. The minimum Gasteiger partial charge on any atom is -0.466 e. The molecule has 0 saturated heterocycles. The second kappa shape index (κ2) is 17.5. The first kappa shape index (κ1) is 20.4. The van der Waals surface area contributed by atoms with Gasteiger partial charge in [-0.2, -0.15) is 0 Å². The van der Waals surface area contributed by atoms with E-state index >= 15 is 0 Å². The van der Waals surface area contributed by atoms with Crippen LogP contribution in [0.15, 0.2) is 0 Å². The number of ether oxygens (including phenoxy) is 1. The van der Waals surface area contributed by atoms with Gasteiger partial charge < -0.3 is 10.1 Å². The summed E-state index contributed by atoms with van der Waals surface area (Å²) in [4.78, 5) is 11.1. The highest BCUT2D eigenvalue weighted by Gasteiger charge is 2.00. The molecular formula is C18H37NO2. The fourth-order valence-electron chi connectivity index (χ4n) is 2.45. The fourth-order valence-corrected chi connectivity index (χ4v) is 2.45. The Balaban J connectivity index is 3.01. The van der Waals surface area contributed by atoms with Crippen molar-refractivity contribution < 1.29 is 9.53 Å². The standard InChI is InChI=1S/C18H37NO2/c1-3-5-6-7-8-9-10-11-12-13-16-19-17-14-15-18(20)21-4-2/h19H,3-17H2,1-2H3. The first-order valence-electron chi connectivity index (χ1n) is 9.17. The van der Waals surface area contributed by atoms with E-state index in [1.54, 1.807) is 0 Å². The summed E-state index contributed by atoms with van der Waals surface area (Å²) in [7, 11) is 0. The highest BCUT2D eigenvalue weighted by molar-refractivity contribution is 5.69. The van der Waals surface area contributed by atoms with Crippen molar-refractivity contribution in [2.45, 2.75) is 90.9 Å². The first-order valence-corrected chi connectivity index (χ1v) is 9.17. The molecule has 0 bridgehead atoms. The Morgan fingerprint density at radius 3 is 1.86 bits per heavy atom. The van der Waals surface area contributed by atoms with Crippen molar-refractivity contribution in [3.8, 4) is 0 Å². The lowest BCUT2D eigenvalue weighted by molar-refractivity contribution is -0.143. The van der Waals surface area contributed by atoms with Gasteiger partial charge >= 0.3 is 5.97 Å². The number of nitrogens with one attached hydrogen (secondary N) is 1. The van der Waals surface area contributed by atoms with Gasteiger partial charge in [-0.1, -0.05) is 64.7 Å². The van der Waals surface area contributed by atoms with E-state index in [2.05, 4.69) is 12.2 Å². The number of hydrogen-bond donors (Lipinski definition) is 1. The van der Waals surface area contributed by atoms with Crippen LogP contribution in [0.3, 0.4) is 0 Å². The van der Waals surface area contributed by atoms with Crippen molar-refractivity contribution in [1.82, 2.24) is 5.32 Å². The van der Waals surface area contributed by atoms with Gasteiger partial charge in [0.1, 0.15) is 0 Å². The number of rotatable bonds is 16. The zero-order valence-corrected chi connectivity index (χ0v) is 14.4. The molecule has 0 unspecified atom stereocenters. The minimum absolute atomic E-state index is 0.0711. The van der Waals surface area contributed by atoms with Crippen LogP contribution in [0.5, 0.6) is 0 Å². The second-order valence-electron chi connectivity index (χ2n) is 5.84. The largest absolute Gasteiger partial charge is 0.466 e. The zero-order chi connectivity index (χ0) is 15.6. The van der Waals surface area contributed by atoms with Crippen molar-refractivity contribution in [2.24, 2.45) is 0 Å². The summed E-state index contributed by atoms with van der Waals surface area (Å²) < 4.78 is 4.89. The Morgan fingerprint density at radius 2 is 1.29 bits per heavy atom. The van der Waals surface area contributed by atoms with Crippen molar-refractivity contribution >= 4 is 5.97 Å². The van der Waals surface area contributed by atoms with Crippen molar-refractivity contribution in [2.75, 3.05) is 19.7 Å². The molecule has 1 N–H and O–H groups in total. The number of unbranched alkanes of at least 4 members (excludes halogenated alkanes) is 9. The third kappa shape index (κ3) is 17.4. The molecule has 0 heterocycles. The lowest BCUT2D eigenvalue weighted by Crippen LogP contribution is -2.18. The average molecular weight is 299 g/mol. The summed E-state index contributed by atoms with van der Waals surface area (Å²) in [5, 5.41) is 3.40. The lowest BCUT2D eigenvalue weighted by atomic mass is 10.1. The van der Waals surface area contributed by atoms with Crippen LogP contribution < -0.4 is 5.32 Å². The first-order chi connectivity index (χ1) is 10.3. The summed E-state index contributed by atoms with van der Waals surface area (Å²) in [6.07, 6.45) is 15.2. The molecule has 3 heteroatoms. The summed E-state index contributed by atoms with van der Waals surface area (Å²) in [5.41, 5.74) is 0. The van der Waals surface area contributed by atoms with Gasteiger partial charge in [0.2, 0.25) is 0 Å². The molecule has 0 fully saturated rings. The van der Waals surface area contributed by atoms with Crippen molar-refractivity contribution in [3.63, 3.8) is 0 Å². The summed E-state index contributed by atoms with van der Waals surface area (Å²) in [6.45, 7) is 6.62. The van der Waals surface area contributed by atoms with Gasteiger partial charge in [-0.25, -0.2) is 0 Å². The Morgan fingerprint density at radius 1 is 0.762 bits per heavy atom.